The molecule has 0 spiro atoms. The zero-order chi connectivity index (χ0) is 40.3. The fraction of sp³-hybridized carbons (Fsp3) is 0.891. The van der Waals surface area contributed by atoms with E-state index in [1.54, 1.807) is 6.08 Å². The van der Waals surface area contributed by atoms with Crippen molar-refractivity contribution >= 4 is 13.7 Å². The molecule has 8 nitrogen and oxygen atoms in total. The van der Waals surface area contributed by atoms with Gasteiger partial charge in [0.1, 0.15) is 0 Å². The van der Waals surface area contributed by atoms with E-state index in [0.717, 1.165) is 38.5 Å². The highest BCUT2D eigenvalue weighted by Gasteiger charge is 2.26. The number of unbranched alkanes of at least 4 members (excludes halogenated alkanes) is 30. The number of aliphatic hydroxyl groups is 1. The van der Waals surface area contributed by atoms with Crippen LogP contribution in [0.2, 0.25) is 0 Å². The average molecular weight is 799 g/mol. The smallest absolute Gasteiger partial charge is 0.387 e. The highest BCUT2D eigenvalue weighted by molar-refractivity contribution is 7.47. The van der Waals surface area contributed by atoms with Gasteiger partial charge in [0.2, 0.25) is 5.91 Å². The van der Waals surface area contributed by atoms with Crippen LogP contribution in [0.3, 0.4) is 0 Å². The van der Waals surface area contributed by atoms with Gasteiger partial charge in [-0.25, -0.2) is 4.57 Å². The van der Waals surface area contributed by atoms with E-state index in [0.29, 0.717) is 6.42 Å². The lowest BCUT2D eigenvalue weighted by molar-refractivity contribution is -0.123. The molecule has 0 aliphatic rings. The predicted molar refractivity (Wildman–Crippen MR) is 235 cm³/mol. The molecule has 0 fully saturated rings. The topological polar surface area (TPSA) is 131 Å². The maximum atomic E-state index is 12.8. The number of allylic oxidation sites excluding steroid dienone is 3. The fourth-order valence-electron chi connectivity index (χ4n) is 6.97. The zero-order valence-electron chi connectivity index (χ0n) is 36.2. The lowest BCUT2D eigenvalue weighted by atomic mass is 10.0. The molecule has 0 heterocycles. The molecule has 0 aliphatic carbocycles. The number of hydrogen-bond donors (Lipinski definition) is 4. The summed E-state index contributed by atoms with van der Waals surface area (Å²) in [5.41, 5.74) is 5.38. The monoisotopic (exact) mass is 799 g/mol. The molecule has 5 N–H and O–H groups in total. The molecular weight excluding hydrogens is 707 g/mol. The van der Waals surface area contributed by atoms with E-state index in [1.807, 2.05) is 6.08 Å². The van der Waals surface area contributed by atoms with E-state index < -0.39 is 20.0 Å². The normalized spacial score (nSPS) is 14.2. The molecular formula is C46H91N2O6P. The van der Waals surface area contributed by atoms with E-state index in [9.17, 15) is 19.4 Å². The standard InChI is InChI=1S/C46H91N2O6P/c1-3-5-7-9-11-13-15-17-19-21-22-24-25-27-29-31-33-35-37-39-45(49)44(43-54-55(51,52)53-42-41-47)48-46(50)40-38-36-34-32-30-28-26-23-20-18-16-14-12-10-8-6-4-2/h29,31,37,39,44-45,49H,3-28,30,32-36,38,40-43,47H2,1-2H3,(H,48,50)(H,51,52)/b31-29+,39-37+. The summed E-state index contributed by atoms with van der Waals surface area (Å²) < 4.78 is 22.1. The van der Waals surface area contributed by atoms with Crippen LogP contribution in [-0.2, 0) is 18.4 Å². The van der Waals surface area contributed by atoms with Crippen LogP contribution in [-0.4, -0.2) is 47.8 Å². The Hall–Kier alpha value is -1.02. The van der Waals surface area contributed by atoms with Crippen molar-refractivity contribution in [1.29, 1.82) is 0 Å². The molecule has 3 unspecified atom stereocenters. The summed E-state index contributed by atoms with van der Waals surface area (Å²) in [5.74, 6) is -0.200. The summed E-state index contributed by atoms with van der Waals surface area (Å²) in [6.45, 7) is 4.14. The molecule has 55 heavy (non-hydrogen) atoms. The lowest BCUT2D eigenvalue weighted by Crippen LogP contribution is -2.45. The number of hydrogen-bond acceptors (Lipinski definition) is 6. The van der Waals surface area contributed by atoms with Crippen LogP contribution in [0.15, 0.2) is 24.3 Å². The van der Waals surface area contributed by atoms with Gasteiger partial charge in [-0.1, -0.05) is 218 Å². The average Bonchev–Trinajstić information content (AvgIpc) is 3.17. The minimum atomic E-state index is -4.34. The second-order valence-electron chi connectivity index (χ2n) is 16.0. The zero-order valence-corrected chi connectivity index (χ0v) is 37.1. The van der Waals surface area contributed by atoms with Crippen molar-refractivity contribution in [2.24, 2.45) is 5.73 Å². The fourth-order valence-corrected chi connectivity index (χ4v) is 7.73. The van der Waals surface area contributed by atoms with Crippen LogP contribution < -0.4 is 11.1 Å². The molecule has 0 saturated carbocycles. The van der Waals surface area contributed by atoms with Crippen LogP contribution in [0.25, 0.3) is 0 Å². The number of phosphoric ester groups is 1. The Kier molecular flexibility index (Phi) is 41.8. The first-order valence-electron chi connectivity index (χ1n) is 23.5. The Balaban J connectivity index is 4.19. The summed E-state index contributed by atoms with van der Waals surface area (Å²) in [5, 5.41) is 13.7. The van der Waals surface area contributed by atoms with Crippen LogP contribution in [0, 0.1) is 0 Å². The summed E-state index contributed by atoms with van der Waals surface area (Å²) in [4.78, 5) is 22.7. The number of rotatable bonds is 44. The molecule has 1 amide bonds. The molecule has 0 saturated heterocycles. The Bertz CT molecular complexity index is 917. The van der Waals surface area contributed by atoms with Crippen LogP contribution >= 0.6 is 7.82 Å². The molecule has 0 radical (unpaired) electrons. The Labute approximate surface area is 340 Å². The molecule has 0 rings (SSSR count). The van der Waals surface area contributed by atoms with E-state index in [-0.39, 0.29) is 25.7 Å². The summed E-state index contributed by atoms with van der Waals surface area (Å²) >= 11 is 0. The van der Waals surface area contributed by atoms with Gasteiger partial charge in [-0.2, -0.15) is 0 Å². The SMILES string of the molecule is CCCCCCCCCCCCCCC/C=C/CC/C=C/C(O)C(COP(=O)(O)OCCN)NC(=O)CCCCCCCCCCCCCCCCCCC. The molecule has 0 aromatic rings. The van der Waals surface area contributed by atoms with Crippen LogP contribution in [0.4, 0.5) is 0 Å². The van der Waals surface area contributed by atoms with Gasteiger partial charge in [0.15, 0.2) is 0 Å². The van der Waals surface area contributed by atoms with Crippen molar-refractivity contribution < 1.29 is 28.4 Å². The maximum absolute atomic E-state index is 12.8. The molecule has 0 aromatic heterocycles. The number of carbonyl (C=O) groups excluding carboxylic acids is 1. The summed E-state index contributed by atoms with van der Waals surface area (Å²) in [6, 6.07) is -0.873. The third-order valence-corrected chi connectivity index (χ3v) is 11.5. The minimum absolute atomic E-state index is 0.0760. The van der Waals surface area contributed by atoms with Gasteiger partial charge in [-0.15, -0.1) is 0 Å². The second-order valence-corrected chi connectivity index (χ2v) is 17.4. The van der Waals surface area contributed by atoms with Crippen molar-refractivity contribution in [2.75, 3.05) is 19.8 Å². The van der Waals surface area contributed by atoms with Crippen LogP contribution in [0.1, 0.15) is 232 Å². The molecule has 0 aliphatic heterocycles. The van der Waals surface area contributed by atoms with E-state index in [1.165, 1.54) is 173 Å². The molecule has 0 bridgehead atoms. The third-order valence-electron chi connectivity index (χ3n) is 10.5. The highest BCUT2D eigenvalue weighted by atomic mass is 31.2. The first-order valence-corrected chi connectivity index (χ1v) is 25.0. The van der Waals surface area contributed by atoms with Gasteiger partial charge in [0.05, 0.1) is 25.4 Å². The number of phosphoric acid groups is 1. The van der Waals surface area contributed by atoms with E-state index in [2.05, 4.69) is 31.3 Å². The third kappa shape index (κ3) is 41.0. The summed E-state index contributed by atoms with van der Waals surface area (Å²) in [7, 11) is -4.34. The van der Waals surface area contributed by atoms with Crippen molar-refractivity contribution in [3.63, 3.8) is 0 Å². The molecule has 326 valence electrons. The maximum Gasteiger partial charge on any atom is 0.472 e. The van der Waals surface area contributed by atoms with Crippen LogP contribution in [0.5, 0.6) is 0 Å². The first kappa shape index (κ1) is 54.0. The predicted octanol–water partition coefficient (Wildman–Crippen LogP) is 13.3. The Morgan fingerprint density at radius 1 is 0.582 bits per heavy atom. The number of amides is 1. The number of nitrogens with one attached hydrogen (secondary N) is 1. The van der Waals surface area contributed by atoms with Gasteiger partial charge in [-0.05, 0) is 32.1 Å². The number of aliphatic hydroxyl groups excluding tert-OH is 1. The number of nitrogens with two attached hydrogens (primary N) is 1. The van der Waals surface area contributed by atoms with Crippen molar-refractivity contribution in [3.8, 4) is 0 Å². The van der Waals surface area contributed by atoms with Gasteiger partial charge in [0, 0.05) is 13.0 Å². The van der Waals surface area contributed by atoms with Gasteiger partial charge >= 0.3 is 7.82 Å². The summed E-state index contributed by atoms with van der Waals surface area (Å²) in [6.07, 6.45) is 49.5. The second kappa shape index (κ2) is 42.6. The Morgan fingerprint density at radius 2 is 0.964 bits per heavy atom. The minimum Gasteiger partial charge on any atom is -0.387 e. The molecule has 3 atom stereocenters. The van der Waals surface area contributed by atoms with Crippen molar-refractivity contribution in [2.45, 2.75) is 244 Å². The molecule has 9 heteroatoms. The first-order chi connectivity index (χ1) is 26.9. The van der Waals surface area contributed by atoms with Crippen molar-refractivity contribution in [1.82, 2.24) is 5.32 Å². The quantitative estimate of drug-likeness (QED) is 0.0274. The molecule has 0 aromatic carbocycles. The number of carbonyl (C=O) groups is 1. The van der Waals surface area contributed by atoms with E-state index in [4.69, 9.17) is 14.8 Å². The van der Waals surface area contributed by atoms with Gasteiger partial charge < -0.3 is 21.1 Å². The highest BCUT2D eigenvalue weighted by Crippen LogP contribution is 2.43. The van der Waals surface area contributed by atoms with E-state index >= 15 is 0 Å². The lowest BCUT2D eigenvalue weighted by Gasteiger charge is -2.23. The largest absolute Gasteiger partial charge is 0.472 e. The van der Waals surface area contributed by atoms with Gasteiger partial charge in [0.25, 0.3) is 0 Å². The Morgan fingerprint density at radius 3 is 1.40 bits per heavy atom. The van der Waals surface area contributed by atoms with Gasteiger partial charge in [-0.3, -0.25) is 13.8 Å². The van der Waals surface area contributed by atoms with Crippen molar-refractivity contribution in [3.05, 3.63) is 24.3 Å².